The lowest BCUT2D eigenvalue weighted by atomic mass is 10.1. The summed E-state index contributed by atoms with van der Waals surface area (Å²) in [5.74, 6) is 0.0492. The fourth-order valence-electron chi connectivity index (χ4n) is 2.47. The van der Waals surface area contributed by atoms with E-state index in [2.05, 4.69) is 16.4 Å². The highest BCUT2D eigenvalue weighted by atomic mass is 35.5. The van der Waals surface area contributed by atoms with Crippen molar-refractivity contribution in [2.45, 2.75) is 0 Å². The SMILES string of the molecule is COc1cc2c(Nc3ccc(Cl)cc3OC)c(C#N)cnc2cc1F. The molecule has 126 valence electrons. The molecule has 0 aliphatic heterocycles. The Morgan fingerprint density at radius 1 is 1.16 bits per heavy atom. The second-order valence-electron chi connectivity index (χ2n) is 5.13. The Bertz CT molecular complexity index is 1000. The van der Waals surface area contributed by atoms with Gasteiger partial charge < -0.3 is 14.8 Å². The topological polar surface area (TPSA) is 67.2 Å². The van der Waals surface area contributed by atoms with Gasteiger partial charge in [0, 0.05) is 28.7 Å². The second kappa shape index (κ2) is 6.83. The standard InChI is InChI=1S/C18H13ClFN3O2/c1-24-16-6-12-15(7-13(16)20)22-9-10(8-21)18(12)23-14-4-3-11(19)5-17(14)25-2/h3-7,9H,1-2H3,(H,22,23). The summed E-state index contributed by atoms with van der Waals surface area (Å²) < 4.78 is 24.3. The first-order chi connectivity index (χ1) is 12.1. The third-order valence-electron chi connectivity index (χ3n) is 3.69. The normalized spacial score (nSPS) is 10.4. The van der Waals surface area contributed by atoms with Gasteiger partial charge in [0.05, 0.1) is 36.7 Å². The Hall–Kier alpha value is -3.04. The summed E-state index contributed by atoms with van der Waals surface area (Å²) in [4.78, 5) is 4.14. The lowest BCUT2D eigenvalue weighted by Crippen LogP contribution is -2.00. The van der Waals surface area contributed by atoms with Crippen LogP contribution < -0.4 is 14.8 Å². The summed E-state index contributed by atoms with van der Waals surface area (Å²) in [6.07, 6.45) is 1.39. The number of aromatic nitrogens is 1. The maximum Gasteiger partial charge on any atom is 0.167 e. The van der Waals surface area contributed by atoms with E-state index in [-0.39, 0.29) is 5.75 Å². The molecule has 0 spiro atoms. The summed E-state index contributed by atoms with van der Waals surface area (Å²) in [5.41, 5.74) is 1.79. The van der Waals surface area contributed by atoms with E-state index in [0.717, 1.165) is 0 Å². The van der Waals surface area contributed by atoms with Gasteiger partial charge in [-0.15, -0.1) is 0 Å². The van der Waals surface area contributed by atoms with Crippen LogP contribution in [-0.2, 0) is 0 Å². The monoisotopic (exact) mass is 357 g/mol. The number of nitrogens with zero attached hydrogens (tertiary/aromatic N) is 2. The molecule has 5 nitrogen and oxygen atoms in total. The van der Waals surface area contributed by atoms with Gasteiger partial charge in [-0.25, -0.2) is 4.39 Å². The highest BCUT2D eigenvalue weighted by Gasteiger charge is 2.15. The number of nitriles is 1. The number of anilines is 2. The van der Waals surface area contributed by atoms with Gasteiger partial charge in [0.2, 0.25) is 0 Å². The van der Waals surface area contributed by atoms with Crippen molar-refractivity contribution in [3.8, 4) is 17.6 Å². The second-order valence-corrected chi connectivity index (χ2v) is 5.57. The molecule has 0 bridgehead atoms. The molecule has 7 heteroatoms. The summed E-state index contributed by atoms with van der Waals surface area (Å²) in [7, 11) is 2.90. The van der Waals surface area contributed by atoms with Crippen LogP contribution in [-0.4, -0.2) is 19.2 Å². The van der Waals surface area contributed by atoms with Crippen molar-refractivity contribution in [1.29, 1.82) is 5.26 Å². The Labute approximate surface area is 148 Å². The number of halogens is 2. The van der Waals surface area contributed by atoms with Crippen LogP contribution >= 0.6 is 11.6 Å². The molecule has 0 saturated heterocycles. The molecule has 0 fully saturated rings. The van der Waals surface area contributed by atoms with Crippen molar-refractivity contribution < 1.29 is 13.9 Å². The summed E-state index contributed by atoms with van der Waals surface area (Å²) >= 11 is 5.98. The summed E-state index contributed by atoms with van der Waals surface area (Å²) in [6, 6.07) is 9.93. The van der Waals surface area contributed by atoms with E-state index in [0.29, 0.717) is 38.6 Å². The summed E-state index contributed by atoms with van der Waals surface area (Å²) in [5, 5.41) is 13.6. The average Bonchev–Trinajstić information content (AvgIpc) is 2.62. The van der Waals surface area contributed by atoms with Gasteiger partial charge >= 0.3 is 0 Å². The minimum Gasteiger partial charge on any atom is -0.495 e. The molecule has 0 saturated carbocycles. The molecule has 1 N–H and O–H groups in total. The molecular formula is C18H13ClFN3O2. The molecule has 0 amide bonds. The molecule has 3 rings (SSSR count). The molecule has 2 aromatic carbocycles. The highest BCUT2D eigenvalue weighted by Crippen LogP contribution is 2.36. The van der Waals surface area contributed by atoms with E-state index in [1.54, 1.807) is 18.2 Å². The molecular weight excluding hydrogens is 345 g/mol. The quantitative estimate of drug-likeness (QED) is 0.735. The van der Waals surface area contributed by atoms with Crippen LogP contribution in [0.15, 0.2) is 36.5 Å². The number of rotatable bonds is 4. The van der Waals surface area contributed by atoms with Crippen LogP contribution in [0.2, 0.25) is 5.02 Å². The predicted molar refractivity (Wildman–Crippen MR) is 94.3 cm³/mol. The van der Waals surface area contributed by atoms with Crippen LogP contribution in [0.3, 0.4) is 0 Å². The van der Waals surface area contributed by atoms with Crippen molar-refractivity contribution in [2.75, 3.05) is 19.5 Å². The Morgan fingerprint density at radius 3 is 2.60 bits per heavy atom. The minimum atomic E-state index is -0.526. The van der Waals surface area contributed by atoms with Gasteiger partial charge in [-0.2, -0.15) is 5.26 Å². The molecule has 0 aliphatic carbocycles. The van der Waals surface area contributed by atoms with Gasteiger partial charge in [0.25, 0.3) is 0 Å². The zero-order chi connectivity index (χ0) is 18.0. The van der Waals surface area contributed by atoms with Crippen molar-refractivity contribution >= 4 is 33.9 Å². The molecule has 0 aliphatic rings. The van der Waals surface area contributed by atoms with E-state index in [1.165, 1.54) is 32.5 Å². The first-order valence-corrected chi connectivity index (χ1v) is 7.62. The van der Waals surface area contributed by atoms with Crippen molar-refractivity contribution in [2.24, 2.45) is 0 Å². The van der Waals surface area contributed by atoms with Gasteiger partial charge in [0.1, 0.15) is 11.8 Å². The lowest BCUT2D eigenvalue weighted by Gasteiger charge is -2.15. The van der Waals surface area contributed by atoms with E-state index in [4.69, 9.17) is 21.1 Å². The summed E-state index contributed by atoms with van der Waals surface area (Å²) in [6.45, 7) is 0. The largest absolute Gasteiger partial charge is 0.495 e. The zero-order valence-corrected chi connectivity index (χ0v) is 14.2. The fourth-order valence-corrected chi connectivity index (χ4v) is 2.63. The first kappa shape index (κ1) is 16.8. The number of methoxy groups -OCH3 is 2. The number of pyridine rings is 1. The number of nitrogens with one attached hydrogen (secondary N) is 1. The van der Waals surface area contributed by atoms with Crippen molar-refractivity contribution in [3.63, 3.8) is 0 Å². The van der Waals surface area contributed by atoms with Gasteiger partial charge in [-0.1, -0.05) is 11.6 Å². The number of ether oxygens (including phenoxy) is 2. The molecule has 0 radical (unpaired) electrons. The zero-order valence-electron chi connectivity index (χ0n) is 13.4. The van der Waals surface area contributed by atoms with Crippen molar-refractivity contribution in [3.05, 3.63) is 52.9 Å². The molecule has 25 heavy (non-hydrogen) atoms. The molecule has 1 aromatic heterocycles. The number of fused-ring (bicyclic) bond motifs is 1. The molecule has 3 aromatic rings. The lowest BCUT2D eigenvalue weighted by molar-refractivity contribution is 0.387. The third kappa shape index (κ3) is 3.14. The van der Waals surface area contributed by atoms with Gasteiger partial charge in [0.15, 0.2) is 11.6 Å². The molecule has 0 unspecified atom stereocenters. The van der Waals surface area contributed by atoms with Crippen LogP contribution in [0.25, 0.3) is 10.9 Å². The fraction of sp³-hybridized carbons (Fsp3) is 0.111. The van der Waals surface area contributed by atoms with Gasteiger partial charge in [-0.05, 0) is 18.2 Å². The van der Waals surface area contributed by atoms with Gasteiger partial charge in [-0.3, -0.25) is 4.98 Å². The average molecular weight is 358 g/mol. The van der Waals surface area contributed by atoms with Crippen LogP contribution in [0, 0.1) is 17.1 Å². The minimum absolute atomic E-state index is 0.0653. The van der Waals surface area contributed by atoms with Crippen LogP contribution in [0.5, 0.6) is 11.5 Å². The van der Waals surface area contributed by atoms with Crippen molar-refractivity contribution in [1.82, 2.24) is 4.98 Å². The maximum absolute atomic E-state index is 13.9. The van der Waals surface area contributed by atoms with E-state index < -0.39 is 5.82 Å². The van der Waals surface area contributed by atoms with Crippen LogP contribution in [0.1, 0.15) is 5.56 Å². The number of hydrogen-bond donors (Lipinski definition) is 1. The third-order valence-corrected chi connectivity index (χ3v) is 3.92. The Balaban J connectivity index is 2.22. The smallest absolute Gasteiger partial charge is 0.167 e. The number of hydrogen-bond acceptors (Lipinski definition) is 5. The van der Waals surface area contributed by atoms with E-state index in [9.17, 15) is 9.65 Å². The Kier molecular flexibility index (Phi) is 4.59. The number of benzene rings is 2. The molecule has 1 heterocycles. The molecule has 0 atom stereocenters. The first-order valence-electron chi connectivity index (χ1n) is 7.24. The van der Waals surface area contributed by atoms with Crippen LogP contribution in [0.4, 0.5) is 15.8 Å². The van der Waals surface area contributed by atoms with E-state index in [1.807, 2.05) is 0 Å². The van der Waals surface area contributed by atoms with E-state index >= 15 is 0 Å². The predicted octanol–water partition coefficient (Wildman–Crippen LogP) is 4.66. The maximum atomic E-state index is 13.9. The Morgan fingerprint density at radius 2 is 1.92 bits per heavy atom. The highest BCUT2D eigenvalue weighted by molar-refractivity contribution is 6.30.